The minimum atomic E-state index is -0.0664. The zero-order valence-electron chi connectivity index (χ0n) is 11.9. The van der Waals surface area contributed by atoms with Crippen molar-refractivity contribution in [1.82, 2.24) is 9.55 Å². The summed E-state index contributed by atoms with van der Waals surface area (Å²) < 4.78 is 2.05. The van der Waals surface area contributed by atoms with Gasteiger partial charge in [0.05, 0.1) is 23.6 Å². The van der Waals surface area contributed by atoms with Gasteiger partial charge in [0.25, 0.3) is 0 Å². The fraction of sp³-hybridized carbons (Fsp3) is 0.438. The molecule has 2 aromatic rings. The van der Waals surface area contributed by atoms with Gasteiger partial charge >= 0.3 is 0 Å². The Kier molecular flexibility index (Phi) is 3.92. The number of aromatic nitrogens is 2. The number of benzene rings is 1. The van der Waals surface area contributed by atoms with Gasteiger partial charge in [-0.05, 0) is 30.0 Å². The first-order chi connectivity index (χ1) is 9.08. The molecule has 0 aliphatic carbocycles. The molecule has 0 bridgehead atoms. The van der Waals surface area contributed by atoms with E-state index in [9.17, 15) is 0 Å². The monoisotopic (exact) mass is 255 g/mol. The van der Waals surface area contributed by atoms with Crippen LogP contribution in [0.4, 0.5) is 0 Å². The van der Waals surface area contributed by atoms with Crippen molar-refractivity contribution in [3.63, 3.8) is 0 Å². The molecule has 1 heterocycles. The molecule has 19 heavy (non-hydrogen) atoms. The molecule has 100 valence electrons. The van der Waals surface area contributed by atoms with Gasteiger partial charge in [0.2, 0.25) is 0 Å². The summed E-state index contributed by atoms with van der Waals surface area (Å²) in [6.07, 6.45) is 6.31. The van der Waals surface area contributed by atoms with Gasteiger partial charge in [0.1, 0.15) is 5.82 Å². The van der Waals surface area contributed by atoms with Gasteiger partial charge < -0.3 is 10.3 Å². The van der Waals surface area contributed by atoms with E-state index < -0.39 is 0 Å². The molecule has 0 aliphatic heterocycles. The van der Waals surface area contributed by atoms with E-state index in [0.717, 1.165) is 23.3 Å². The second-order valence-corrected chi connectivity index (χ2v) is 5.18. The normalized spacial score (nSPS) is 12.8. The van der Waals surface area contributed by atoms with E-state index in [1.165, 1.54) is 5.56 Å². The molecule has 0 saturated carbocycles. The number of terminal acetylenes is 1. The lowest BCUT2D eigenvalue weighted by Crippen LogP contribution is -2.15. The minimum Gasteiger partial charge on any atom is -0.321 e. The topological polar surface area (TPSA) is 43.8 Å². The van der Waals surface area contributed by atoms with Gasteiger partial charge in [0.15, 0.2) is 0 Å². The summed E-state index contributed by atoms with van der Waals surface area (Å²) >= 11 is 0. The fourth-order valence-electron chi connectivity index (χ4n) is 2.25. The van der Waals surface area contributed by atoms with Crippen LogP contribution in [0.25, 0.3) is 11.0 Å². The van der Waals surface area contributed by atoms with E-state index in [4.69, 9.17) is 12.2 Å². The van der Waals surface area contributed by atoms with Crippen molar-refractivity contribution in [2.24, 2.45) is 5.73 Å². The molecule has 2 N–H and O–H groups in total. The number of rotatable bonds is 4. The summed E-state index contributed by atoms with van der Waals surface area (Å²) in [4.78, 5) is 4.69. The van der Waals surface area contributed by atoms with Crippen LogP contribution in [0.2, 0.25) is 0 Å². The Morgan fingerprint density at radius 1 is 1.42 bits per heavy atom. The highest BCUT2D eigenvalue weighted by molar-refractivity contribution is 5.77. The van der Waals surface area contributed by atoms with Crippen LogP contribution in [-0.2, 0) is 6.54 Å². The third-order valence-electron chi connectivity index (χ3n) is 3.49. The Balaban J connectivity index is 2.62. The minimum absolute atomic E-state index is 0.0664. The molecular formula is C16H21N3. The zero-order chi connectivity index (χ0) is 14.0. The summed E-state index contributed by atoms with van der Waals surface area (Å²) in [5.74, 6) is 4.06. The van der Waals surface area contributed by atoms with Crippen molar-refractivity contribution >= 4 is 11.0 Å². The predicted molar refractivity (Wildman–Crippen MR) is 79.9 cm³/mol. The second kappa shape index (κ2) is 5.46. The van der Waals surface area contributed by atoms with Crippen molar-refractivity contribution in [2.75, 3.05) is 0 Å². The molecular weight excluding hydrogens is 234 g/mol. The first kappa shape index (κ1) is 13.6. The van der Waals surface area contributed by atoms with Crippen molar-refractivity contribution < 1.29 is 0 Å². The number of fused-ring (bicyclic) bond motifs is 1. The van der Waals surface area contributed by atoms with Crippen LogP contribution >= 0.6 is 0 Å². The fourth-order valence-corrected chi connectivity index (χ4v) is 2.25. The largest absolute Gasteiger partial charge is 0.321 e. The molecule has 3 heteroatoms. The third kappa shape index (κ3) is 2.50. The van der Waals surface area contributed by atoms with Crippen molar-refractivity contribution in [2.45, 2.75) is 45.7 Å². The molecule has 1 unspecified atom stereocenters. The molecule has 0 spiro atoms. The standard InChI is InChI=1S/C16H21N3/c1-5-9-19-15-8-7-12(11(3)4)10-14(15)18-16(19)13(17)6-2/h1,7-8,10-11,13H,6,9,17H2,2-4H3. The van der Waals surface area contributed by atoms with Crippen molar-refractivity contribution in [3.8, 4) is 12.3 Å². The Hall–Kier alpha value is -1.79. The quantitative estimate of drug-likeness (QED) is 0.853. The first-order valence-corrected chi connectivity index (χ1v) is 6.77. The molecule has 0 aliphatic rings. The lowest BCUT2D eigenvalue weighted by Gasteiger charge is -2.10. The maximum atomic E-state index is 6.14. The van der Waals surface area contributed by atoms with Gasteiger partial charge in [0, 0.05) is 0 Å². The highest BCUT2D eigenvalue weighted by atomic mass is 15.1. The van der Waals surface area contributed by atoms with Crippen LogP contribution in [0.5, 0.6) is 0 Å². The second-order valence-electron chi connectivity index (χ2n) is 5.18. The Morgan fingerprint density at radius 3 is 2.74 bits per heavy atom. The number of imidazole rings is 1. The van der Waals surface area contributed by atoms with Gasteiger partial charge in [-0.1, -0.05) is 32.8 Å². The summed E-state index contributed by atoms with van der Waals surface area (Å²) in [6, 6.07) is 6.31. The van der Waals surface area contributed by atoms with Crippen LogP contribution < -0.4 is 5.73 Å². The molecule has 0 radical (unpaired) electrons. The number of hydrogen-bond donors (Lipinski definition) is 1. The van der Waals surface area contributed by atoms with Gasteiger partial charge in [-0.2, -0.15) is 0 Å². The molecule has 0 saturated heterocycles. The summed E-state index contributed by atoms with van der Waals surface area (Å²) in [7, 11) is 0. The van der Waals surface area contributed by atoms with Gasteiger partial charge in [-0.15, -0.1) is 6.42 Å². The molecule has 0 fully saturated rings. The van der Waals surface area contributed by atoms with E-state index in [1.54, 1.807) is 0 Å². The van der Waals surface area contributed by atoms with E-state index in [2.05, 4.69) is 49.9 Å². The number of nitrogens with zero attached hydrogens (tertiary/aromatic N) is 2. The molecule has 2 rings (SSSR count). The molecule has 1 aromatic carbocycles. The SMILES string of the molecule is C#CCn1c(C(N)CC)nc2cc(C(C)C)ccc21. The Labute approximate surface area is 114 Å². The highest BCUT2D eigenvalue weighted by Gasteiger charge is 2.15. The summed E-state index contributed by atoms with van der Waals surface area (Å²) in [5.41, 5.74) is 9.48. The average molecular weight is 255 g/mol. The van der Waals surface area contributed by atoms with Crippen LogP contribution in [0.15, 0.2) is 18.2 Å². The van der Waals surface area contributed by atoms with E-state index in [-0.39, 0.29) is 6.04 Å². The predicted octanol–water partition coefficient (Wildman–Crippen LogP) is 3.20. The zero-order valence-corrected chi connectivity index (χ0v) is 11.9. The van der Waals surface area contributed by atoms with Crippen LogP contribution in [-0.4, -0.2) is 9.55 Å². The lowest BCUT2D eigenvalue weighted by molar-refractivity contribution is 0.612. The summed E-state index contributed by atoms with van der Waals surface area (Å²) in [5, 5.41) is 0. The van der Waals surface area contributed by atoms with Crippen molar-refractivity contribution in [3.05, 3.63) is 29.6 Å². The van der Waals surface area contributed by atoms with Gasteiger partial charge in [-0.3, -0.25) is 0 Å². The first-order valence-electron chi connectivity index (χ1n) is 6.77. The van der Waals surface area contributed by atoms with E-state index >= 15 is 0 Å². The molecule has 1 aromatic heterocycles. The highest BCUT2D eigenvalue weighted by Crippen LogP contribution is 2.25. The molecule has 0 amide bonds. The van der Waals surface area contributed by atoms with Gasteiger partial charge in [-0.25, -0.2) is 4.98 Å². The maximum absolute atomic E-state index is 6.14. The smallest absolute Gasteiger partial charge is 0.127 e. The maximum Gasteiger partial charge on any atom is 0.127 e. The Morgan fingerprint density at radius 2 is 2.16 bits per heavy atom. The number of nitrogens with two attached hydrogens (primary N) is 1. The molecule has 3 nitrogen and oxygen atoms in total. The van der Waals surface area contributed by atoms with Crippen LogP contribution in [0, 0.1) is 12.3 Å². The summed E-state index contributed by atoms with van der Waals surface area (Å²) in [6.45, 7) is 6.93. The third-order valence-corrected chi connectivity index (χ3v) is 3.49. The van der Waals surface area contributed by atoms with Crippen LogP contribution in [0.3, 0.4) is 0 Å². The molecule has 1 atom stereocenters. The number of hydrogen-bond acceptors (Lipinski definition) is 2. The van der Waals surface area contributed by atoms with E-state index in [1.807, 2.05) is 4.57 Å². The average Bonchev–Trinajstić information content (AvgIpc) is 2.76. The van der Waals surface area contributed by atoms with E-state index in [0.29, 0.717) is 12.5 Å². The Bertz CT molecular complexity index is 617. The van der Waals surface area contributed by atoms with Crippen molar-refractivity contribution in [1.29, 1.82) is 0 Å². The van der Waals surface area contributed by atoms with Crippen LogP contribution in [0.1, 0.15) is 50.5 Å². The lowest BCUT2D eigenvalue weighted by atomic mass is 10.0.